The monoisotopic (exact) mass is 413 g/mol. The minimum absolute atomic E-state index is 0.193. The van der Waals surface area contributed by atoms with Crippen molar-refractivity contribution in [2.75, 3.05) is 33.3 Å². The van der Waals surface area contributed by atoms with Gasteiger partial charge in [-0.2, -0.15) is 0 Å². The van der Waals surface area contributed by atoms with Crippen LogP contribution in [-0.2, 0) is 9.53 Å². The van der Waals surface area contributed by atoms with E-state index in [9.17, 15) is 9.59 Å². The van der Waals surface area contributed by atoms with E-state index < -0.39 is 6.04 Å². The lowest BCUT2D eigenvalue weighted by molar-refractivity contribution is -0.139. The van der Waals surface area contributed by atoms with Gasteiger partial charge in [-0.15, -0.1) is 0 Å². The van der Waals surface area contributed by atoms with Gasteiger partial charge in [-0.05, 0) is 55.8 Å². The molecular weight excluding hydrogens is 378 g/mol. The molecule has 1 atom stereocenters. The van der Waals surface area contributed by atoms with Gasteiger partial charge in [0.2, 0.25) is 0 Å². The quantitative estimate of drug-likeness (QED) is 0.715. The molecule has 2 amide bonds. The van der Waals surface area contributed by atoms with E-state index in [1.165, 1.54) is 5.56 Å². The van der Waals surface area contributed by atoms with Gasteiger partial charge in [0.1, 0.15) is 0 Å². The van der Waals surface area contributed by atoms with Gasteiger partial charge in [0.05, 0.1) is 18.2 Å². The standard InChI is InChI=1S/C24H35N3O3/c1-6-30-23(28)21-20(15-27-13-11-17(4)12-14-27)26(5)24(29)25-22(21)19-9-7-18(8-10-19)16(2)3/h7-10,16-17,22H,6,11-15H2,1-5H3,(H,25,29)/t22-/m1/s1. The molecule has 1 aromatic rings. The molecular formula is C24H35N3O3. The first-order valence-electron chi connectivity index (χ1n) is 11.1. The SMILES string of the molecule is CCOC(=O)C1=C(CN2CCC(C)CC2)N(C)C(=O)N[C@@H]1c1ccc(C(C)C)cc1. The maximum atomic E-state index is 13.0. The highest BCUT2D eigenvalue weighted by molar-refractivity contribution is 5.95. The van der Waals surface area contributed by atoms with Gasteiger partial charge < -0.3 is 10.1 Å². The number of piperidine rings is 1. The molecule has 6 heteroatoms. The zero-order valence-electron chi connectivity index (χ0n) is 18.9. The van der Waals surface area contributed by atoms with E-state index in [2.05, 4.69) is 43.1 Å². The zero-order chi connectivity index (χ0) is 21.8. The fraction of sp³-hybridized carbons (Fsp3) is 0.583. The Balaban J connectivity index is 1.99. The Morgan fingerprint density at radius 3 is 2.40 bits per heavy atom. The third-order valence-corrected chi connectivity index (χ3v) is 6.26. The molecule has 1 N–H and O–H groups in total. The predicted molar refractivity (Wildman–Crippen MR) is 118 cm³/mol. The van der Waals surface area contributed by atoms with Gasteiger partial charge in [0, 0.05) is 19.3 Å². The second kappa shape index (κ2) is 9.65. The summed E-state index contributed by atoms with van der Waals surface area (Å²) < 4.78 is 5.42. The molecule has 0 spiro atoms. The van der Waals surface area contributed by atoms with Crippen molar-refractivity contribution in [3.63, 3.8) is 0 Å². The molecule has 2 aliphatic heterocycles. The average molecular weight is 414 g/mol. The maximum absolute atomic E-state index is 13.0. The van der Waals surface area contributed by atoms with Gasteiger partial charge in [-0.3, -0.25) is 9.80 Å². The lowest BCUT2D eigenvalue weighted by atomic mass is 9.92. The van der Waals surface area contributed by atoms with E-state index in [1.807, 2.05) is 19.1 Å². The number of carbonyl (C=O) groups excluding carboxylic acids is 2. The summed E-state index contributed by atoms with van der Waals surface area (Å²) in [5, 5.41) is 3.00. The van der Waals surface area contributed by atoms with E-state index in [4.69, 9.17) is 4.74 Å². The smallest absolute Gasteiger partial charge is 0.338 e. The molecule has 1 aromatic carbocycles. The second-order valence-corrected chi connectivity index (χ2v) is 8.80. The van der Waals surface area contributed by atoms with Gasteiger partial charge in [-0.25, -0.2) is 9.59 Å². The van der Waals surface area contributed by atoms with Gasteiger partial charge >= 0.3 is 12.0 Å². The number of amides is 2. The van der Waals surface area contributed by atoms with E-state index in [0.29, 0.717) is 24.6 Å². The number of likely N-dealkylation sites (N-methyl/N-ethyl adjacent to an activating group) is 1. The Bertz CT molecular complexity index is 792. The van der Waals surface area contributed by atoms with Crippen LogP contribution in [0.2, 0.25) is 0 Å². The molecule has 164 valence electrons. The van der Waals surface area contributed by atoms with Gasteiger partial charge in [0.15, 0.2) is 0 Å². The molecule has 0 aromatic heterocycles. The van der Waals surface area contributed by atoms with Crippen LogP contribution in [0.3, 0.4) is 0 Å². The zero-order valence-corrected chi connectivity index (χ0v) is 18.9. The lowest BCUT2D eigenvalue weighted by Crippen LogP contribution is -2.50. The van der Waals surface area contributed by atoms with Crippen molar-refractivity contribution >= 4 is 12.0 Å². The number of nitrogens with zero attached hydrogens (tertiary/aromatic N) is 2. The molecule has 3 rings (SSSR count). The summed E-state index contributed by atoms with van der Waals surface area (Å²) in [6.45, 7) is 11.2. The molecule has 30 heavy (non-hydrogen) atoms. The van der Waals surface area contributed by atoms with E-state index in [1.54, 1.807) is 11.9 Å². The summed E-state index contributed by atoms with van der Waals surface area (Å²) in [6.07, 6.45) is 2.27. The van der Waals surface area contributed by atoms with E-state index in [0.717, 1.165) is 43.1 Å². The number of hydrogen-bond acceptors (Lipinski definition) is 4. The molecule has 2 aliphatic rings. The fourth-order valence-corrected chi connectivity index (χ4v) is 4.15. The topological polar surface area (TPSA) is 61.9 Å². The molecule has 0 radical (unpaired) electrons. The third kappa shape index (κ3) is 4.86. The Morgan fingerprint density at radius 2 is 1.83 bits per heavy atom. The Morgan fingerprint density at radius 1 is 1.20 bits per heavy atom. The Kier molecular flexibility index (Phi) is 7.19. The van der Waals surface area contributed by atoms with Crippen LogP contribution in [0.5, 0.6) is 0 Å². The number of ether oxygens (including phenoxy) is 1. The first-order chi connectivity index (χ1) is 14.3. The summed E-state index contributed by atoms with van der Waals surface area (Å²) in [4.78, 5) is 29.7. The number of esters is 1. The lowest BCUT2D eigenvalue weighted by Gasteiger charge is -2.38. The third-order valence-electron chi connectivity index (χ3n) is 6.26. The summed E-state index contributed by atoms with van der Waals surface area (Å²) in [7, 11) is 1.73. The second-order valence-electron chi connectivity index (χ2n) is 8.80. The van der Waals surface area contributed by atoms with Crippen molar-refractivity contribution < 1.29 is 14.3 Å². The first kappa shape index (κ1) is 22.3. The van der Waals surface area contributed by atoms with Crippen molar-refractivity contribution in [2.45, 2.75) is 52.5 Å². The minimum Gasteiger partial charge on any atom is -0.463 e. The van der Waals surface area contributed by atoms with Crippen LogP contribution in [0.1, 0.15) is 63.6 Å². The number of urea groups is 1. The summed E-state index contributed by atoms with van der Waals surface area (Å²) in [5.74, 6) is 0.783. The van der Waals surface area contributed by atoms with Crippen LogP contribution in [0.4, 0.5) is 4.79 Å². The molecule has 0 aliphatic carbocycles. The number of rotatable bonds is 6. The van der Waals surface area contributed by atoms with Crippen LogP contribution < -0.4 is 5.32 Å². The van der Waals surface area contributed by atoms with Crippen LogP contribution in [0.15, 0.2) is 35.5 Å². The Hall–Kier alpha value is -2.34. The van der Waals surface area contributed by atoms with Crippen molar-refractivity contribution in [1.82, 2.24) is 15.1 Å². The van der Waals surface area contributed by atoms with E-state index in [-0.39, 0.29) is 12.0 Å². The van der Waals surface area contributed by atoms with Crippen molar-refractivity contribution in [2.24, 2.45) is 5.92 Å². The van der Waals surface area contributed by atoms with Crippen molar-refractivity contribution in [3.05, 3.63) is 46.7 Å². The number of likely N-dealkylation sites (tertiary alicyclic amines) is 1. The molecule has 0 bridgehead atoms. The number of nitrogens with one attached hydrogen (secondary N) is 1. The molecule has 0 saturated carbocycles. The maximum Gasteiger partial charge on any atom is 0.338 e. The van der Waals surface area contributed by atoms with E-state index >= 15 is 0 Å². The minimum atomic E-state index is -0.507. The highest BCUT2D eigenvalue weighted by atomic mass is 16.5. The first-order valence-corrected chi connectivity index (χ1v) is 11.1. The molecule has 0 unspecified atom stereocenters. The summed E-state index contributed by atoms with van der Waals surface area (Å²) in [5.41, 5.74) is 3.40. The number of benzene rings is 1. The van der Waals surface area contributed by atoms with Crippen LogP contribution in [-0.4, -0.2) is 55.1 Å². The fourth-order valence-electron chi connectivity index (χ4n) is 4.15. The number of hydrogen-bond donors (Lipinski definition) is 1. The molecule has 1 fully saturated rings. The molecule has 2 heterocycles. The van der Waals surface area contributed by atoms with Crippen LogP contribution >= 0.6 is 0 Å². The van der Waals surface area contributed by atoms with Gasteiger partial charge in [0.25, 0.3) is 0 Å². The number of carbonyl (C=O) groups is 2. The highest BCUT2D eigenvalue weighted by Crippen LogP contribution is 2.32. The largest absolute Gasteiger partial charge is 0.463 e. The van der Waals surface area contributed by atoms with Crippen molar-refractivity contribution in [1.29, 1.82) is 0 Å². The van der Waals surface area contributed by atoms with Crippen molar-refractivity contribution in [3.8, 4) is 0 Å². The molecule has 6 nitrogen and oxygen atoms in total. The van der Waals surface area contributed by atoms with Crippen LogP contribution in [0, 0.1) is 5.92 Å². The van der Waals surface area contributed by atoms with Gasteiger partial charge in [-0.1, -0.05) is 45.0 Å². The normalized spacial score (nSPS) is 21.2. The Labute approximate surface area is 180 Å². The molecule has 1 saturated heterocycles. The highest BCUT2D eigenvalue weighted by Gasteiger charge is 2.37. The predicted octanol–water partition coefficient (Wildman–Crippen LogP) is 4.06. The average Bonchev–Trinajstić information content (AvgIpc) is 2.73. The summed E-state index contributed by atoms with van der Waals surface area (Å²) in [6, 6.07) is 7.45. The van der Waals surface area contributed by atoms with Crippen LogP contribution in [0.25, 0.3) is 0 Å². The summed E-state index contributed by atoms with van der Waals surface area (Å²) >= 11 is 0.